The van der Waals surface area contributed by atoms with Crippen molar-refractivity contribution in [3.05, 3.63) is 12.7 Å². The van der Waals surface area contributed by atoms with Crippen molar-refractivity contribution in [3.63, 3.8) is 0 Å². The molecule has 0 aliphatic heterocycles. The van der Waals surface area contributed by atoms with Gasteiger partial charge in [-0.1, -0.05) is 6.58 Å². The average Bonchev–Trinajstić information content (AvgIpc) is 1.85. The fourth-order valence-corrected chi connectivity index (χ4v) is 0.338. The van der Waals surface area contributed by atoms with Gasteiger partial charge in [0.2, 0.25) is 0 Å². The molecule has 0 bridgehead atoms. The van der Waals surface area contributed by atoms with Crippen molar-refractivity contribution in [3.8, 4) is 0 Å². The molecule has 0 fully saturated rings. The second-order valence-electron chi connectivity index (χ2n) is 2.69. The van der Waals surface area contributed by atoms with Gasteiger partial charge in [-0.25, -0.2) is 4.79 Å². The van der Waals surface area contributed by atoms with Gasteiger partial charge in [0.15, 0.2) is 0 Å². The first kappa shape index (κ1) is 11.0. The topological polar surface area (TPSA) is 26.3 Å². The summed E-state index contributed by atoms with van der Waals surface area (Å²) in [5.41, 5.74) is -1.29. The maximum Gasteiger partial charge on any atom is 0.490 e. The number of hydrogen-bond acceptors (Lipinski definition) is 2. The van der Waals surface area contributed by atoms with Crippen molar-refractivity contribution in [1.82, 2.24) is 0 Å². The van der Waals surface area contributed by atoms with Gasteiger partial charge in [0.1, 0.15) is 5.60 Å². The minimum absolute atomic E-state index is 1.12. The lowest BCUT2D eigenvalue weighted by Crippen LogP contribution is -2.34. The van der Waals surface area contributed by atoms with Crippen molar-refractivity contribution < 1.29 is 22.7 Å². The summed E-state index contributed by atoms with van der Waals surface area (Å²) < 4.78 is 38.9. The lowest BCUT2D eigenvalue weighted by Gasteiger charge is -2.21. The van der Waals surface area contributed by atoms with Gasteiger partial charge in [-0.3, -0.25) is 0 Å². The number of carbonyl (C=O) groups is 1. The molecule has 0 aromatic carbocycles. The molecule has 0 spiro atoms. The highest BCUT2D eigenvalue weighted by atomic mass is 19.4. The SMILES string of the molecule is C=CC(C)(C)OC(=O)C(F)(F)F. The van der Waals surface area contributed by atoms with Gasteiger partial charge in [0.05, 0.1) is 0 Å². The van der Waals surface area contributed by atoms with Crippen LogP contribution in [0.5, 0.6) is 0 Å². The molecule has 0 radical (unpaired) electrons. The van der Waals surface area contributed by atoms with E-state index in [1.807, 2.05) is 0 Å². The Kier molecular flexibility index (Phi) is 2.90. The zero-order valence-corrected chi connectivity index (χ0v) is 6.73. The third kappa shape index (κ3) is 3.41. The Morgan fingerprint density at radius 2 is 1.83 bits per heavy atom. The van der Waals surface area contributed by atoms with Crippen molar-refractivity contribution in [2.75, 3.05) is 0 Å². The summed E-state index contributed by atoms with van der Waals surface area (Å²) in [6, 6.07) is 0. The van der Waals surface area contributed by atoms with Gasteiger partial charge in [-0.2, -0.15) is 13.2 Å². The van der Waals surface area contributed by atoms with Crippen LogP contribution in [0.4, 0.5) is 13.2 Å². The number of halogens is 3. The molecule has 0 aliphatic rings. The Morgan fingerprint density at radius 1 is 1.42 bits per heavy atom. The Labute approximate surface area is 68.0 Å². The summed E-state index contributed by atoms with van der Waals surface area (Å²) in [5, 5.41) is 0. The molecule has 12 heavy (non-hydrogen) atoms. The van der Waals surface area contributed by atoms with Crippen LogP contribution in [-0.2, 0) is 9.53 Å². The van der Waals surface area contributed by atoms with E-state index in [1.54, 1.807) is 0 Å². The van der Waals surface area contributed by atoms with Crippen LogP contribution in [0.25, 0.3) is 0 Å². The van der Waals surface area contributed by atoms with E-state index in [0.717, 1.165) is 6.08 Å². The predicted molar refractivity (Wildman–Crippen MR) is 36.4 cm³/mol. The van der Waals surface area contributed by atoms with E-state index in [0.29, 0.717) is 0 Å². The number of rotatable bonds is 2. The summed E-state index contributed by atoms with van der Waals surface area (Å²) in [7, 11) is 0. The van der Waals surface area contributed by atoms with Gasteiger partial charge in [0, 0.05) is 0 Å². The second-order valence-corrected chi connectivity index (χ2v) is 2.69. The molecule has 0 N–H and O–H groups in total. The number of esters is 1. The second kappa shape index (κ2) is 3.16. The van der Waals surface area contributed by atoms with Crippen LogP contribution in [0, 0.1) is 0 Å². The van der Waals surface area contributed by atoms with Crippen LogP contribution < -0.4 is 0 Å². The van der Waals surface area contributed by atoms with E-state index in [9.17, 15) is 18.0 Å². The van der Waals surface area contributed by atoms with Gasteiger partial charge in [-0.15, -0.1) is 0 Å². The molecule has 70 valence electrons. The van der Waals surface area contributed by atoms with Crippen molar-refractivity contribution in [2.45, 2.75) is 25.6 Å². The van der Waals surface area contributed by atoms with Crippen LogP contribution >= 0.6 is 0 Å². The van der Waals surface area contributed by atoms with E-state index in [2.05, 4.69) is 11.3 Å². The highest BCUT2D eigenvalue weighted by molar-refractivity contribution is 5.76. The van der Waals surface area contributed by atoms with Crippen molar-refractivity contribution in [2.24, 2.45) is 0 Å². The first-order valence-corrected chi connectivity index (χ1v) is 3.13. The van der Waals surface area contributed by atoms with Crippen LogP contribution in [0.1, 0.15) is 13.8 Å². The fourth-order valence-electron chi connectivity index (χ4n) is 0.338. The largest absolute Gasteiger partial charge is 0.490 e. The quantitative estimate of drug-likeness (QED) is 0.482. The molecule has 0 saturated carbocycles. The summed E-state index contributed by atoms with van der Waals surface area (Å²) in [6.45, 7) is 5.84. The molecule has 0 unspecified atom stereocenters. The van der Waals surface area contributed by atoms with E-state index >= 15 is 0 Å². The van der Waals surface area contributed by atoms with E-state index < -0.39 is 17.7 Å². The number of alkyl halides is 3. The maximum atomic E-state index is 11.6. The first-order valence-electron chi connectivity index (χ1n) is 3.13. The fraction of sp³-hybridized carbons (Fsp3) is 0.571. The van der Waals surface area contributed by atoms with Crippen molar-refractivity contribution >= 4 is 5.97 Å². The van der Waals surface area contributed by atoms with Crippen LogP contribution in [0.3, 0.4) is 0 Å². The zero-order chi connectivity index (χ0) is 9.99. The number of hydrogen-bond donors (Lipinski definition) is 0. The summed E-state index contributed by atoms with van der Waals surface area (Å²) in [6.07, 6.45) is -3.82. The highest BCUT2D eigenvalue weighted by Crippen LogP contribution is 2.21. The van der Waals surface area contributed by atoms with Crippen molar-refractivity contribution in [1.29, 1.82) is 0 Å². The Morgan fingerprint density at radius 3 is 2.08 bits per heavy atom. The molecule has 0 aromatic rings. The maximum absolute atomic E-state index is 11.6. The average molecular weight is 182 g/mol. The smallest absolute Gasteiger partial charge is 0.449 e. The van der Waals surface area contributed by atoms with Crippen LogP contribution in [0.15, 0.2) is 12.7 Å². The molecule has 2 nitrogen and oxygen atoms in total. The Hall–Kier alpha value is -1.00. The van der Waals surface area contributed by atoms with Crippen LogP contribution in [0.2, 0.25) is 0 Å². The minimum atomic E-state index is -4.94. The van der Waals surface area contributed by atoms with Gasteiger partial charge in [0.25, 0.3) is 0 Å². The minimum Gasteiger partial charge on any atom is -0.449 e. The molecule has 0 heterocycles. The highest BCUT2D eigenvalue weighted by Gasteiger charge is 2.43. The summed E-state index contributed by atoms with van der Waals surface area (Å²) in [4.78, 5) is 10.2. The molecule has 0 amide bonds. The molecular weight excluding hydrogens is 173 g/mol. The summed E-state index contributed by atoms with van der Waals surface area (Å²) in [5.74, 6) is -2.20. The third-order valence-corrected chi connectivity index (χ3v) is 1.08. The van der Waals surface area contributed by atoms with Gasteiger partial charge in [-0.05, 0) is 19.9 Å². The van der Waals surface area contributed by atoms with Crippen LogP contribution in [-0.4, -0.2) is 17.7 Å². The summed E-state index contributed by atoms with van der Waals surface area (Å²) >= 11 is 0. The molecule has 5 heteroatoms. The van der Waals surface area contributed by atoms with E-state index in [1.165, 1.54) is 13.8 Å². The third-order valence-electron chi connectivity index (χ3n) is 1.08. The monoisotopic (exact) mass is 182 g/mol. The predicted octanol–water partition coefficient (Wildman–Crippen LogP) is 2.06. The van der Waals surface area contributed by atoms with Gasteiger partial charge >= 0.3 is 12.1 Å². The molecule has 0 atom stereocenters. The first-order chi connectivity index (χ1) is 5.19. The molecule has 0 saturated heterocycles. The normalized spacial score (nSPS) is 12.4. The Bertz CT molecular complexity index is 193. The molecular formula is C7H9F3O2. The lowest BCUT2D eigenvalue weighted by atomic mass is 10.1. The molecule has 0 rings (SSSR count). The molecule has 0 aromatic heterocycles. The van der Waals surface area contributed by atoms with E-state index in [4.69, 9.17) is 0 Å². The van der Waals surface area contributed by atoms with E-state index in [-0.39, 0.29) is 0 Å². The number of carbonyl (C=O) groups excluding carboxylic acids is 1. The van der Waals surface area contributed by atoms with Gasteiger partial charge < -0.3 is 4.74 Å². The zero-order valence-electron chi connectivity index (χ0n) is 6.73. The standard InChI is InChI=1S/C7H9F3O2/c1-4-6(2,3)12-5(11)7(8,9)10/h4H,1H2,2-3H3. The Balaban J connectivity index is 4.29. The molecule has 0 aliphatic carbocycles. The number of ether oxygens (including phenoxy) is 1. The lowest BCUT2D eigenvalue weighted by molar-refractivity contribution is -0.208.